The predicted octanol–water partition coefficient (Wildman–Crippen LogP) is 1.29. The second-order valence-electron chi connectivity index (χ2n) is 3.95. The monoisotopic (exact) mass is 237 g/mol. The van der Waals surface area contributed by atoms with E-state index in [-0.39, 0.29) is 0 Å². The molecule has 0 aliphatic rings. The van der Waals surface area contributed by atoms with Crippen LogP contribution in [0.15, 0.2) is 6.07 Å². The van der Waals surface area contributed by atoms with Crippen molar-refractivity contribution < 1.29 is 9.53 Å². The van der Waals surface area contributed by atoms with E-state index in [2.05, 4.69) is 5.32 Å². The summed E-state index contributed by atoms with van der Waals surface area (Å²) in [6, 6.07) is 1.58. The van der Waals surface area contributed by atoms with Crippen LogP contribution in [-0.4, -0.2) is 13.1 Å². The van der Waals surface area contributed by atoms with Crippen molar-refractivity contribution in [2.75, 3.05) is 7.11 Å². The van der Waals surface area contributed by atoms with Crippen molar-refractivity contribution in [1.82, 2.24) is 10.7 Å². The number of rotatable bonds is 3. The number of urea groups is 1. The zero-order valence-corrected chi connectivity index (χ0v) is 10.7. The van der Waals surface area contributed by atoms with Gasteiger partial charge in [0.25, 0.3) is 0 Å². The summed E-state index contributed by atoms with van der Waals surface area (Å²) in [4.78, 5) is 11.0. The normalized spacial score (nSPS) is 9.94. The van der Waals surface area contributed by atoms with Crippen LogP contribution in [0.25, 0.3) is 0 Å². The molecule has 0 aliphatic carbocycles. The third kappa shape index (κ3) is 2.88. The maximum Gasteiger partial charge on any atom is 0.329 e. The SMILES string of the molecule is COc1cc(C)c(CNC(=O)NN)c(C)c1C. The molecule has 0 aromatic heterocycles. The first-order valence-electron chi connectivity index (χ1n) is 5.39. The van der Waals surface area contributed by atoms with Crippen molar-refractivity contribution in [2.24, 2.45) is 5.84 Å². The molecule has 0 saturated carbocycles. The van der Waals surface area contributed by atoms with E-state index in [1.54, 1.807) is 7.11 Å². The molecule has 0 unspecified atom stereocenters. The lowest BCUT2D eigenvalue weighted by Crippen LogP contribution is -2.39. The van der Waals surface area contributed by atoms with Crippen LogP contribution in [0.4, 0.5) is 4.79 Å². The van der Waals surface area contributed by atoms with Crippen LogP contribution >= 0.6 is 0 Å². The molecule has 1 aromatic rings. The molecule has 0 bridgehead atoms. The van der Waals surface area contributed by atoms with E-state index >= 15 is 0 Å². The molecule has 5 heteroatoms. The highest BCUT2D eigenvalue weighted by Gasteiger charge is 2.11. The Morgan fingerprint density at radius 1 is 1.35 bits per heavy atom. The Bertz CT molecular complexity index is 430. The molecule has 17 heavy (non-hydrogen) atoms. The summed E-state index contributed by atoms with van der Waals surface area (Å²) in [6.45, 7) is 6.46. The van der Waals surface area contributed by atoms with Crippen LogP contribution < -0.4 is 21.3 Å². The molecular formula is C12H19N3O2. The molecule has 0 fully saturated rings. The first kappa shape index (κ1) is 13.3. The van der Waals surface area contributed by atoms with Gasteiger partial charge in [0.05, 0.1) is 7.11 Å². The van der Waals surface area contributed by atoms with Crippen molar-refractivity contribution in [3.8, 4) is 5.75 Å². The van der Waals surface area contributed by atoms with Crippen molar-refractivity contribution in [3.05, 3.63) is 28.3 Å². The van der Waals surface area contributed by atoms with E-state index in [1.165, 1.54) is 0 Å². The summed E-state index contributed by atoms with van der Waals surface area (Å²) in [5.74, 6) is 5.87. The lowest BCUT2D eigenvalue weighted by atomic mass is 9.97. The Balaban J connectivity index is 3.00. The zero-order chi connectivity index (χ0) is 13.0. The van der Waals surface area contributed by atoms with Gasteiger partial charge in [0, 0.05) is 6.54 Å². The number of benzene rings is 1. The molecule has 5 nitrogen and oxygen atoms in total. The van der Waals surface area contributed by atoms with Crippen LogP contribution in [0.5, 0.6) is 5.75 Å². The maximum absolute atomic E-state index is 11.0. The topological polar surface area (TPSA) is 76.4 Å². The Hall–Kier alpha value is -1.75. The van der Waals surface area contributed by atoms with Gasteiger partial charge in [0.1, 0.15) is 5.75 Å². The van der Waals surface area contributed by atoms with E-state index in [9.17, 15) is 4.79 Å². The average molecular weight is 237 g/mol. The first-order chi connectivity index (χ1) is 8.01. The Labute approximate surface area is 101 Å². The summed E-state index contributed by atoms with van der Waals surface area (Å²) in [7, 11) is 1.65. The Morgan fingerprint density at radius 2 is 2.00 bits per heavy atom. The van der Waals surface area contributed by atoms with Crippen LogP contribution in [0, 0.1) is 20.8 Å². The highest BCUT2D eigenvalue weighted by atomic mass is 16.5. The molecule has 0 atom stereocenters. The molecule has 4 N–H and O–H groups in total. The highest BCUT2D eigenvalue weighted by Crippen LogP contribution is 2.27. The summed E-state index contributed by atoms with van der Waals surface area (Å²) >= 11 is 0. The summed E-state index contributed by atoms with van der Waals surface area (Å²) in [5, 5.41) is 2.68. The number of hydrogen-bond donors (Lipinski definition) is 3. The fourth-order valence-corrected chi connectivity index (χ4v) is 1.80. The summed E-state index contributed by atoms with van der Waals surface area (Å²) in [5.41, 5.74) is 6.42. The Morgan fingerprint density at radius 3 is 2.53 bits per heavy atom. The second kappa shape index (κ2) is 5.54. The van der Waals surface area contributed by atoms with Gasteiger partial charge in [-0.3, -0.25) is 5.43 Å². The third-order valence-corrected chi connectivity index (χ3v) is 2.99. The van der Waals surface area contributed by atoms with Gasteiger partial charge in [-0.2, -0.15) is 0 Å². The average Bonchev–Trinajstić information content (AvgIpc) is 2.33. The van der Waals surface area contributed by atoms with E-state index in [0.717, 1.165) is 28.0 Å². The fraction of sp³-hybridized carbons (Fsp3) is 0.417. The van der Waals surface area contributed by atoms with Crippen LogP contribution in [-0.2, 0) is 6.54 Å². The van der Waals surface area contributed by atoms with Crippen LogP contribution in [0.3, 0.4) is 0 Å². The maximum atomic E-state index is 11.0. The molecule has 0 aliphatic heterocycles. The van der Waals surface area contributed by atoms with Gasteiger partial charge < -0.3 is 10.1 Å². The van der Waals surface area contributed by atoms with Gasteiger partial charge in [0.2, 0.25) is 0 Å². The number of hydrogen-bond acceptors (Lipinski definition) is 3. The largest absolute Gasteiger partial charge is 0.496 e. The number of carbonyl (C=O) groups is 1. The molecule has 0 saturated heterocycles. The van der Waals surface area contributed by atoms with Crippen LogP contribution in [0.1, 0.15) is 22.3 Å². The number of ether oxygens (including phenoxy) is 1. The van der Waals surface area contributed by atoms with E-state index in [0.29, 0.717) is 6.54 Å². The number of hydrazine groups is 1. The lowest BCUT2D eigenvalue weighted by Gasteiger charge is -2.16. The molecule has 1 aromatic carbocycles. The molecule has 0 spiro atoms. The molecular weight excluding hydrogens is 218 g/mol. The predicted molar refractivity (Wildman–Crippen MR) is 66.8 cm³/mol. The summed E-state index contributed by atoms with van der Waals surface area (Å²) < 4.78 is 5.29. The third-order valence-electron chi connectivity index (χ3n) is 2.99. The summed E-state index contributed by atoms with van der Waals surface area (Å²) in [6.07, 6.45) is 0. The van der Waals surface area contributed by atoms with Gasteiger partial charge in [-0.25, -0.2) is 10.6 Å². The van der Waals surface area contributed by atoms with Gasteiger partial charge in [0.15, 0.2) is 0 Å². The van der Waals surface area contributed by atoms with Crippen molar-refractivity contribution in [3.63, 3.8) is 0 Å². The second-order valence-corrected chi connectivity index (χ2v) is 3.95. The van der Waals surface area contributed by atoms with Crippen LogP contribution in [0.2, 0.25) is 0 Å². The molecule has 2 amide bonds. The minimum atomic E-state index is -0.391. The number of aryl methyl sites for hydroxylation is 1. The Kier molecular flexibility index (Phi) is 4.34. The number of amides is 2. The van der Waals surface area contributed by atoms with E-state index < -0.39 is 6.03 Å². The minimum absolute atomic E-state index is 0.391. The number of nitrogens with two attached hydrogens (primary N) is 1. The van der Waals surface area contributed by atoms with Gasteiger partial charge in [-0.1, -0.05) is 0 Å². The minimum Gasteiger partial charge on any atom is -0.496 e. The smallest absolute Gasteiger partial charge is 0.329 e. The molecule has 94 valence electrons. The first-order valence-corrected chi connectivity index (χ1v) is 5.39. The standard InChI is InChI=1S/C12H19N3O2/c1-7-5-11(17-4)9(3)8(2)10(7)6-14-12(16)15-13/h5H,6,13H2,1-4H3,(H2,14,15,16). The molecule has 0 heterocycles. The van der Waals surface area contributed by atoms with Gasteiger partial charge in [-0.15, -0.1) is 0 Å². The van der Waals surface area contributed by atoms with Crippen molar-refractivity contribution in [1.29, 1.82) is 0 Å². The molecule has 1 rings (SSSR count). The zero-order valence-electron chi connectivity index (χ0n) is 10.7. The van der Waals surface area contributed by atoms with E-state index in [4.69, 9.17) is 10.6 Å². The number of carbonyl (C=O) groups excluding carboxylic acids is 1. The highest BCUT2D eigenvalue weighted by molar-refractivity contribution is 5.73. The van der Waals surface area contributed by atoms with Gasteiger partial charge >= 0.3 is 6.03 Å². The fourth-order valence-electron chi connectivity index (χ4n) is 1.80. The quantitative estimate of drug-likeness (QED) is 0.421. The lowest BCUT2D eigenvalue weighted by molar-refractivity contribution is 0.240. The molecule has 0 radical (unpaired) electrons. The number of methoxy groups -OCH3 is 1. The van der Waals surface area contributed by atoms with Crippen molar-refractivity contribution >= 4 is 6.03 Å². The van der Waals surface area contributed by atoms with Gasteiger partial charge in [-0.05, 0) is 49.1 Å². The van der Waals surface area contributed by atoms with Crippen molar-refractivity contribution in [2.45, 2.75) is 27.3 Å². The number of nitrogens with one attached hydrogen (secondary N) is 2. The van der Waals surface area contributed by atoms with E-state index in [1.807, 2.05) is 32.3 Å².